The Morgan fingerprint density at radius 2 is 0.529 bits per heavy atom. The second kappa shape index (κ2) is 17.8. The van der Waals surface area contributed by atoms with Crippen molar-refractivity contribution in [2.45, 2.75) is 0 Å². The number of anilines is 6. The smallest absolute Gasteiger partial charge is 0.0540 e. The Hall–Kier alpha value is -8.98. The maximum Gasteiger partial charge on any atom is 0.0540 e. The van der Waals surface area contributed by atoms with Crippen molar-refractivity contribution < 1.29 is 0 Å². The molecule has 2 nitrogen and oxygen atoms in total. The van der Waals surface area contributed by atoms with Gasteiger partial charge < -0.3 is 9.80 Å². The lowest BCUT2D eigenvalue weighted by Gasteiger charge is -2.28. The van der Waals surface area contributed by atoms with Crippen LogP contribution in [0.25, 0.3) is 76.8 Å². The summed E-state index contributed by atoms with van der Waals surface area (Å²) in [6.45, 7) is 0. The molecule has 0 aliphatic rings. The highest BCUT2D eigenvalue weighted by Gasteiger charge is 2.20. The van der Waals surface area contributed by atoms with Crippen molar-refractivity contribution in [3.63, 3.8) is 0 Å². The van der Waals surface area contributed by atoms with Crippen LogP contribution in [0.5, 0.6) is 0 Å². The Morgan fingerprint density at radius 1 is 0.191 bits per heavy atom. The summed E-state index contributed by atoms with van der Waals surface area (Å²) in [5.41, 5.74) is 16.1. The number of rotatable bonds is 10. The van der Waals surface area contributed by atoms with Gasteiger partial charge in [-0.25, -0.2) is 0 Å². The summed E-state index contributed by atoms with van der Waals surface area (Å²) in [4.78, 5) is 4.80. The normalized spacial score (nSPS) is 11.2. The number of benzene rings is 12. The maximum absolute atomic E-state index is 2.42. The zero-order chi connectivity index (χ0) is 45.2. The highest BCUT2D eigenvalue weighted by Crippen LogP contribution is 2.44. The van der Waals surface area contributed by atoms with E-state index >= 15 is 0 Å². The molecule has 0 amide bonds. The Balaban J connectivity index is 0.932. The van der Waals surface area contributed by atoms with Crippen molar-refractivity contribution in [3.8, 4) is 44.5 Å². The third-order valence-corrected chi connectivity index (χ3v) is 13.2. The van der Waals surface area contributed by atoms with E-state index in [9.17, 15) is 0 Å². The minimum atomic E-state index is 1.08. The Morgan fingerprint density at radius 3 is 1.00 bits per heavy atom. The van der Waals surface area contributed by atoms with E-state index in [2.05, 4.69) is 289 Å². The minimum absolute atomic E-state index is 1.08. The third-order valence-electron chi connectivity index (χ3n) is 13.2. The average Bonchev–Trinajstić information content (AvgIpc) is 3.42. The number of nitrogens with zero attached hydrogens (tertiary/aromatic N) is 2. The summed E-state index contributed by atoms with van der Waals surface area (Å²) in [5, 5.41) is 7.31. The monoisotopic (exact) mass is 866 g/mol. The molecule has 2 heteroatoms. The van der Waals surface area contributed by atoms with Crippen LogP contribution < -0.4 is 9.80 Å². The average molecular weight is 867 g/mol. The maximum atomic E-state index is 2.42. The molecule has 0 aliphatic heterocycles. The van der Waals surface area contributed by atoms with Crippen LogP contribution in [-0.4, -0.2) is 0 Å². The molecule has 68 heavy (non-hydrogen) atoms. The third kappa shape index (κ3) is 7.74. The zero-order valence-electron chi connectivity index (χ0n) is 37.5. The van der Waals surface area contributed by atoms with Crippen molar-refractivity contribution in [2.75, 3.05) is 9.80 Å². The van der Waals surface area contributed by atoms with Gasteiger partial charge >= 0.3 is 0 Å². The van der Waals surface area contributed by atoms with Gasteiger partial charge in [0.2, 0.25) is 0 Å². The van der Waals surface area contributed by atoms with Crippen molar-refractivity contribution in [1.82, 2.24) is 0 Å². The van der Waals surface area contributed by atoms with E-state index in [-0.39, 0.29) is 0 Å². The second-order valence-electron chi connectivity index (χ2n) is 17.3. The summed E-state index contributed by atoms with van der Waals surface area (Å²) >= 11 is 0. The fraction of sp³-hybridized carbons (Fsp3) is 0. The lowest BCUT2D eigenvalue weighted by molar-refractivity contribution is 1.29. The molecule has 0 N–H and O–H groups in total. The Kier molecular flexibility index (Phi) is 10.6. The molecule has 12 aromatic carbocycles. The van der Waals surface area contributed by atoms with Crippen LogP contribution >= 0.6 is 0 Å². The topological polar surface area (TPSA) is 6.48 Å². The van der Waals surface area contributed by atoms with Crippen LogP contribution in [0.15, 0.2) is 279 Å². The molecule has 12 rings (SSSR count). The van der Waals surface area contributed by atoms with Crippen LogP contribution in [0, 0.1) is 0 Å². The lowest BCUT2D eigenvalue weighted by Crippen LogP contribution is -2.11. The summed E-state index contributed by atoms with van der Waals surface area (Å²) in [6.07, 6.45) is 0. The molecule has 320 valence electrons. The molecular weight excluding hydrogens is 821 g/mol. The summed E-state index contributed by atoms with van der Waals surface area (Å²) in [7, 11) is 0. The first-order chi connectivity index (χ1) is 33.7. The minimum Gasteiger partial charge on any atom is -0.310 e. The van der Waals surface area contributed by atoms with E-state index < -0.39 is 0 Å². The molecule has 0 saturated heterocycles. The highest BCUT2D eigenvalue weighted by atomic mass is 15.1. The van der Waals surface area contributed by atoms with Gasteiger partial charge in [0, 0.05) is 33.5 Å². The summed E-state index contributed by atoms with van der Waals surface area (Å²) in [5.74, 6) is 0. The molecule has 0 aliphatic carbocycles. The molecule has 0 bridgehead atoms. The van der Waals surface area contributed by atoms with Crippen LogP contribution in [0.1, 0.15) is 0 Å². The van der Waals surface area contributed by atoms with E-state index in [0.717, 1.165) is 45.3 Å². The molecule has 0 fully saturated rings. The predicted octanol–water partition coefficient (Wildman–Crippen LogP) is 18.8. The zero-order valence-corrected chi connectivity index (χ0v) is 37.5. The predicted molar refractivity (Wildman–Crippen MR) is 290 cm³/mol. The molecule has 0 aromatic heterocycles. The molecule has 0 heterocycles. The number of fused-ring (bicyclic) bond motifs is 3. The second-order valence-corrected chi connectivity index (χ2v) is 17.3. The van der Waals surface area contributed by atoms with Crippen molar-refractivity contribution in [1.29, 1.82) is 0 Å². The van der Waals surface area contributed by atoms with Gasteiger partial charge in [0.05, 0.1) is 11.4 Å². The fourth-order valence-electron chi connectivity index (χ4n) is 9.87. The standard InChI is InChI=1S/C66H46N2/c1-3-16-47(17-4-1)55-44-56(48-18-5-2-6-19-48)46-60(45-55)68(66-31-15-25-53-22-9-12-28-64(53)66)59-40-34-50(35-41-59)49-32-38-57(39-33-49)67(65-30-14-24-52-21-8-11-27-63(52)65)58-42-36-54(37-43-58)62-29-13-23-51-20-7-10-26-61(51)62/h1-46H. The summed E-state index contributed by atoms with van der Waals surface area (Å²) in [6, 6.07) is 101. The van der Waals surface area contributed by atoms with Crippen LogP contribution in [0.3, 0.4) is 0 Å². The van der Waals surface area contributed by atoms with E-state index in [1.165, 1.54) is 65.7 Å². The highest BCUT2D eigenvalue weighted by molar-refractivity contribution is 6.02. The van der Waals surface area contributed by atoms with Gasteiger partial charge in [-0.2, -0.15) is 0 Å². The van der Waals surface area contributed by atoms with E-state index in [0.29, 0.717) is 0 Å². The van der Waals surface area contributed by atoms with Crippen LogP contribution in [-0.2, 0) is 0 Å². The van der Waals surface area contributed by atoms with Gasteiger partial charge in [-0.1, -0.05) is 212 Å². The van der Waals surface area contributed by atoms with Crippen LogP contribution in [0.4, 0.5) is 34.1 Å². The van der Waals surface area contributed by atoms with Gasteiger partial charge in [-0.3, -0.25) is 0 Å². The Bertz CT molecular complexity index is 3640. The SMILES string of the molecule is c1ccc(-c2cc(-c3ccccc3)cc(N(c3ccc(-c4ccc(N(c5ccc(-c6cccc7ccccc67)cc5)c5cccc6ccccc56)cc4)cc3)c3cccc4ccccc34)c2)cc1. The van der Waals surface area contributed by atoms with Crippen molar-refractivity contribution in [3.05, 3.63) is 279 Å². The van der Waals surface area contributed by atoms with Gasteiger partial charge in [0.15, 0.2) is 0 Å². The largest absolute Gasteiger partial charge is 0.310 e. The van der Waals surface area contributed by atoms with Gasteiger partial charge in [0.1, 0.15) is 0 Å². The van der Waals surface area contributed by atoms with E-state index in [1.807, 2.05) is 0 Å². The van der Waals surface area contributed by atoms with Crippen LogP contribution in [0.2, 0.25) is 0 Å². The van der Waals surface area contributed by atoms with Crippen molar-refractivity contribution in [2.24, 2.45) is 0 Å². The van der Waals surface area contributed by atoms with Crippen molar-refractivity contribution >= 4 is 66.4 Å². The molecule has 0 spiro atoms. The van der Waals surface area contributed by atoms with E-state index in [1.54, 1.807) is 0 Å². The van der Waals surface area contributed by atoms with E-state index in [4.69, 9.17) is 0 Å². The summed E-state index contributed by atoms with van der Waals surface area (Å²) < 4.78 is 0. The first-order valence-electron chi connectivity index (χ1n) is 23.3. The van der Waals surface area contributed by atoms with Gasteiger partial charge in [0.25, 0.3) is 0 Å². The quantitative estimate of drug-likeness (QED) is 0.135. The number of hydrogen-bond acceptors (Lipinski definition) is 2. The van der Waals surface area contributed by atoms with Gasteiger partial charge in [-0.15, -0.1) is 0 Å². The molecule has 12 aromatic rings. The Labute approximate surface area is 397 Å². The molecule has 0 atom stereocenters. The first-order valence-corrected chi connectivity index (χ1v) is 23.3. The molecule has 0 unspecified atom stereocenters. The lowest BCUT2D eigenvalue weighted by atomic mass is 9.96. The first kappa shape index (κ1) is 40.5. The molecule has 0 saturated carbocycles. The fourth-order valence-corrected chi connectivity index (χ4v) is 9.87. The molecule has 0 radical (unpaired) electrons. The van der Waals surface area contributed by atoms with Gasteiger partial charge in [-0.05, 0) is 133 Å². The molecular formula is C66H46N2. The number of hydrogen-bond donors (Lipinski definition) is 0.